The Kier molecular flexibility index (Phi) is 5.20. The van der Waals surface area contributed by atoms with Crippen molar-refractivity contribution in [3.63, 3.8) is 0 Å². The van der Waals surface area contributed by atoms with Crippen LogP contribution in [0, 0.1) is 0 Å². The molecule has 1 saturated carbocycles. The number of hydrogen-bond acceptors (Lipinski definition) is 2. The fourth-order valence-corrected chi connectivity index (χ4v) is 2.27. The first-order chi connectivity index (χ1) is 6.83. The fraction of sp³-hybridized carbons (Fsp3) is 0.833. The van der Waals surface area contributed by atoms with Gasteiger partial charge in [-0.3, -0.25) is 0 Å². The summed E-state index contributed by atoms with van der Waals surface area (Å²) in [6, 6.07) is 0. The SMILES string of the molecule is C/C=C/CCNC1(CN)CCCCC1. The number of hydrogen-bond donors (Lipinski definition) is 2. The lowest BCUT2D eigenvalue weighted by molar-refractivity contribution is 0.241. The summed E-state index contributed by atoms with van der Waals surface area (Å²) in [6.07, 6.45) is 12.0. The van der Waals surface area contributed by atoms with E-state index in [0.29, 0.717) is 0 Å². The molecule has 0 unspecified atom stereocenters. The van der Waals surface area contributed by atoms with Crippen LogP contribution in [0.15, 0.2) is 12.2 Å². The van der Waals surface area contributed by atoms with E-state index >= 15 is 0 Å². The Labute approximate surface area is 87.9 Å². The van der Waals surface area contributed by atoms with Crippen LogP contribution in [0.1, 0.15) is 45.4 Å². The van der Waals surface area contributed by atoms with E-state index in [-0.39, 0.29) is 5.54 Å². The Morgan fingerprint density at radius 2 is 2.00 bits per heavy atom. The summed E-state index contributed by atoms with van der Waals surface area (Å²) < 4.78 is 0. The lowest BCUT2D eigenvalue weighted by Crippen LogP contribution is -2.52. The molecule has 0 aromatic carbocycles. The van der Waals surface area contributed by atoms with Crippen molar-refractivity contribution in [3.8, 4) is 0 Å². The van der Waals surface area contributed by atoms with Gasteiger partial charge in [0.05, 0.1) is 0 Å². The van der Waals surface area contributed by atoms with Crippen molar-refractivity contribution >= 4 is 0 Å². The molecule has 2 nitrogen and oxygen atoms in total. The van der Waals surface area contributed by atoms with Gasteiger partial charge in [-0.05, 0) is 32.7 Å². The van der Waals surface area contributed by atoms with E-state index in [0.717, 1.165) is 19.5 Å². The minimum Gasteiger partial charge on any atom is -0.329 e. The Morgan fingerprint density at radius 1 is 1.29 bits per heavy atom. The Balaban J connectivity index is 2.28. The van der Waals surface area contributed by atoms with E-state index in [9.17, 15) is 0 Å². The van der Waals surface area contributed by atoms with Crippen molar-refractivity contribution in [2.75, 3.05) is 13.1 Å². The molecule has 0 atom stereocenters. The maximum Gasteiger partial charge on any atom is 0.0304 e. The molecule has 1 aliphatic rings. The van der Waals surface area contributed by atoms with Gasteiger partial charge in [-0.25, -0.2) is 0 Å². The molecular weight excluding hydrogens is 172 g/mol. The second kappa shape index (κ2) is 6.20. The highest BCUT2D eigenvalue weighted by Gasteiger charge is 2.29. The Morgan fingerprint density at radius 3 is 2.57 bits per heavy atom. The second-order valence-electron chi connectivity index (χ2n) is 4.33. The topological polar surface area (TPSA) is 38.0 Å². The van der Waals surface area contributed by atoms with Gasteiger partial charge in [0.15, 0.2) is 0 Å². The minimum absolute atomic E-state index is 0.264. The Bertz CT molecular complexity index is 169. The van der Waals surface area contributed by atoms with Crippen molar-refractivity contribution in [1.82, 2.24) is 5.32 Å². The smallest absolute Gasteiger partial charge is 0.0304 e. The third kappa shape index (κ3) is 3.43. The molecule has 14 heavy (non-hydrogen) atoms. The maximum atomic E-state index is 5.87. The molecule has 0 aliphatic heterocycles. The highest BCUT2D eigenvalue weighted by atomic mass is 15.0. The van der Waals surface area contributed by atoms with E-state index in [4.69, 9.17) is 5.73 Å². The normalized spacial score (nSPS) is 21.6. The molecule has 82 valence electrons. The fourth-order valence-electron chi connectivity index (χ4n) is 2.27. The van der Waals surface area contributed by atoms with Gasteiger partial charge in [0.1, 0.15) is 0 Å². The van der Waals surface area contributed by atoms with Crippen LogP contribution in [0.25, 0.3) is 0 Å². The van der Waals surface area contributed by atoms with E-state index < -0.39 is 0 Å². The molecular formula is C12H24N2. The van der Waals surface area contributed by atoms with Crippen LogP contribution in [0.4, 0.5) is 0 Å². The summed E-state index contributed by atoms with van der Waals surface area (Å²) in [4.78, 5) is 0. The molecule has 0 heterocycles. The van der Waals surface area contributed by atoms with Gasteiger partial charge in [0, 0.05) is 12.1 Å². The summed E-state index contributed by atoms with van der Waals surface area (Å²) in [5.41, 5.74) is 6.14. The van der Waals surface area contributed by atoms with Gasteiger partial charge in [0.2, 0.25) is 0 Å². The quantitative estimate of drug-likeness (QED) is 0.522. The van der Waals surface area contributed by atoms with Gasteiger partial charge in [-0.15, -0.1) is 0 Å². The largest absolute Gasteiger partial charge is 0.329 e. The van der Waals surface area contributed by atoms with Crippen LogP contribution < -0.4 is 11.1 Å². The molecule has 1 rings (SSSR count). The Hall–Kier alpha value is -0.340. The molecule has 2 heteroatoms. The average molecular weight is 196 g/mol. The third-order valence-electron chi connectivity index (χ3n) is 3.25. The van der Waals surface area contributed by atoms with Gasteiger partial charge in [0.25, 0.3) is 0 Å². The van der Waals surface area contributed by atoms with Crippen molar-refractivity contribution in [1.29, 1.82) is 0 Å². The summed E-state index contributed by atoms with van der Waals surface area (Å²) >= 11 is 0. The predicted octanol–water partition coefficient (Wildman–Crippen LogP) is 2.20. The van der Waals surface area contributed by atoms with Gasteiger partial charge < -0.3 is 11.1 Å². The van der Waals surface area contributed by atoms with Gasteiger partial charge in [-0.2, -0.15) is 0 Å². The first-order valence-corrected chi connectivity index (χ1v) is 5.89. The molecule has 1 fully saturated rings. The summed E-state index contributed by atoms with van der Waals surface area (Å²) in [6.45, 7) is 3.93. The first-order valence-electron chi connectivity index (χ1n) is 5.89. The molecule has 0 spiro atoms. The average Bonchev–Trinajstić information content (AvgIpc) is 2.26. The second-order valence-corrected chi connectivity index (χ2v) is 4.33. The van der Waals surface area contributed by atoms with E-state index in [1.165, 1.54) is 32.1 Å². The van der Waals surface area contributed by atoms with Crippen LogP contribution in [-0.4, -0.2) is 18.6 Å². The van der Waals surface area contributed by atoms with Crippen molar-refractivity contribution in [3.05, 3.63) is 12.2 Å². The molecule has 0 amide bonds. The van der Waals surface area contributed by atoms with Crippen molar-refractivity contribution < 1.29 is 0 Å². The molecule has 3 N–H and O–H groups in total. The highest BCUT2D eigenvalue weighted by Crippen LogP contribution is 2.27. The number of rotatable bonds is 5. The van der Waals surface area contributed by atoms with Crippen LogP contribution in [0.3, 0.4) is 0 Å². The van der Waals surface area contributed by atoms with Crippen LogP contribution in [-0.2, 0) is 0 Å². The van der Waals surface area contributed by atoms with E-state index in [1.54, 1.807) is 0 Å². The standard InChI is InChI=1S/C12H24N2/c1-2-3-7-10-14-12(11-13)8-5-4-6-9-12/h2-3,14H,4-11,13H2,1H3/b3-2+. The van der Waals surface area contributed by atoms with Gasteiger partial charge >= 0.3 is 0 Å². The summed E-state index contributed by atoms with van der Waals surface area (Å²) in [5.74, 6) is 0. The molecule has 0 radical (unpaired) electrons. The molecule has 0 saturated heterocycles. The molecule has 0 aromatic rings. The van der Waals surface area contributed by atoms with Crippen LogP contribution in [0.5, 0.6) is 0 Å². The zero-order valence-electron chi connectivity index (χ0n) is 9.39. The minimum atomic E-state index is 0.264. The first kappa shape index (κ1) is 11.7. The molecule has 0 aromatic heterocycles. The number of nitrogens with one attached hydrogen (secondary N) is 1. The van der Waals surface area contributed by atoms with Gasteiger partial charge in [-0.1, -0.05) is 31.4 Å². The number of nitrogens with two attached hydrogens (primary N) is 1. The highest BCUT2D eigenvalue weighted by molar-refractivity contribution is 4.92. The van der Waals surface area contributed by atoms with Crippen LogP contribution >= 0.6 is 0 Å². The lowest BCUT2D eigenvalue weighted by Gasteiger charge is -2.37. The zero-order valence-corrected chi connectivity index (χ0v) is 9.39. The lowest BCUT2D eigenvalue weighted by atomic mass is 9.81. The maximum absolute atomic E-state index is 5.87. The summed E-state index contributed by atoms with van der Waals surface area (Å²) in [5, 5.41) is 3.64. The van der Waals surface area contributed by atoms with E-state index in [1.807, 2.05) is 0 Å². The molecule has 1 aliphatic carbocycles. The van der Waals surface area contributed by atoms with Crippen LogP contribution in [0.2, 0.25) is 0 Å². The third-order valence-corrected chi connectivity index (χ3v) is 3.25. The predicted molar refractivity (Wildman–Crippen MR) is 62.3 cm³/mol. The molecule has 0 bridgehead atoms. The van der Waals surface area contributed by atoms with Crippen molar-refractivity contribution in [2.24, 2.45) is 5.73 Å². The van der Waals surface area contributed by atoms with Crippen molar-refractivity contribution in [2.45, 2.75) is 51.0 Å². The van der Waals surface area contributed by atoms with E-state index in [2.05, 4.69) is 24.4 Å². The monoisotopic (exact) mass is 196 g/mol. The zero-order chi connectivity index (χ0) is 10.3. The number of allylic oxidation sites excluding steroid dienone is 1. The summed E-state index contributed by atoms with van der Waals surface area (Å²) in [7, 11) is 0.